The number of amides is 1. The Labute approximate surface area is 219 Å². The number of halogens is 2. The number of likely N-dealkylation sites (tertiary alicyclic amines) is 1. The Balaban J connectivity index is 1.38. The fraction of sp³-hybridized carbons (Fsp3) is 0.407. The van der Waals surface area contributed by atoms with Crippen molar-refractivity contribution in [1.29, 1.82) is 0 Å². The Hall–Kier alpha value is -3.30. The molecule has 4 heterocycles. The van der Waals surface area contributed by atoms with Gasteiger partial charge in [-0.25, -0.2) is 9.37 Å². The lowest BCUT2D eigenvalue weighted by Crippen LogP contribution is -2.41. The van der Waals surface area contributed by atoms with E-state index in [1.54, 1.807) is 19.4 Å². The van der Waals surface area contributed by atoms with Gasteiger partial charge in [0.1, 0.15) is 17.7 Å². The van der Waals surface area contributed by atoms with Gasteiger partial charge in [0.25, 0.3) is 0 Å². The second-order valence-corrected chi connectivity index (χ2v) is 9.78. The number of furan rings is 1. The number of carbonyl (C=O) groups excluding carboxylic acids is 1. The summed E-state index contributed by atoms with van der Waals surface area (Å²) in [5, 5.41) is 0.665. The summed E-state index contributed by atoms with van der Waals surface area (Å²) in [6, 6.07) is 2.74. The summed E-state index contributed by atoms with van der Waals surface area (Å²) >= 11 is 6.24. The van der Waals surface area contributed by atoms with E-state index in [0.29, 0.717) is 43.0 Å². The van der Waals surface area contributed by atoms with Gasteiger partial charge in [0, 0.05) is 24.8 Å². The van der Waals surface area contributed by atoms with Crippen LogP contribution in [0.2, 0.25) is 5.02 Å². The lowest BCUT2D eigenvalue weighted by atomic mass is 9.99. The summed E-state index contributed by atoms with van der Waals surface area (Å²) in [4.78, 5) is 21.1. The molecular weight excluding hydrogens is 499 g/mol. The first-order valence-electron chi connectivity index (χ1n) is 12.4. The standard InChI is InChI=1S/C27H30ClFN4O4/c1-16(23-21(35-2)6-5-20(29)24(23)28)37-26-25-18(13-31-27(26)30)19(15-36-25)17-7-11-33(12-8-17)22(34)14-32-9-3-4-10-32/h5-7,13,15-16H,3-4,8-12,14H2,1-2H3,(H2,30,31)/t16-/m1/s1. The van der Waals surface area contributed by atoms with E-state index in [-0.39, 0.29) is 22.5 Å². The second kappa shape index (κ2) is 10.6. The van der Waals surface area contributed by atoms with Crippen molar-refractivity contribution >= 4 is 39.9 Å². The van der Waals surface area contributed by atoms with E-state index in [0.717, 1.165) is 42.5 Å². The molecule has 10 heteroatoms. The second-order valence-electron chi connectivity index (χ2n) is 9.40. The average molecular weight is 529 g/mol. The maximum Gasteiger partial charge on any atom is 0.237 e. The van der Waals surface area contributed by atoms with Gasteiger partial charge < -0.3 is 24.5 Å². The number of pyridine rings is 1. The van der Waals surface area contributed by atoms with E-state index < -0.39 is 11.9 Å². The minimum atomic E-state index is -0.703. The SMILES string of the molecule is COc1ccc(F)c(Cl)c1[C@@H](C)Oc1c(N)ncc2c(C3=CCN(C(=O)CN4CCCC4)CC3)coc12. The summed E-state index contributed by atoms with van der Waals surface area (Å²) in [7, 11) is 1.48. The van der Waals surface area contributed by atoms with Gasteiger partial charge in [0.15, 0.2) is 11.4 Å². The number of carbonyl (C=O) groups is 1. The number of hydrogen-bond donors (Lipinski definition) is 1. The molecule has 0 radical (unpaired) electrons. The van der Waals surface area contributed by atoms with E-state index in [4.69, 9.17) is 31.2 Å². The highest BCUT2D eigenvalue weighted by molar-refractivity contribution is 6.31. The number of fused-ring (bicyclic) bond motifs is 1. The summed E-state index contributed by atoms with van der Waals surface area (Å²) in [5.41, 5.74) is 8.92. The Morgan fingerprint density at radius 1 is 1.30 bits per heavy atom. The van der Waals surface area contributed by atoms with Gasteiger partial charge in [0.2, 0.25) is 11.7 Å². The molecule has 0 aliphatic carbocycles. The van der Waals surface area contributed by atoms with E-state index in [9.17, 15) is 9.18 Å². The minimum Gasteiger partial charge on any atom is -0.496 e. The van der Waals surface area contributed by atoms with Crippen LogP contribution in [0.1, 0.15) is 43.4 Å². The number of benzene rings is 1. The maximum atomic E-state index is 14.2. The highest BCUT2D eigenvalue weighted by Crippen LogP contribution is 2.42. The predicted molar refractivity (Wildman–Crippen MR) is 140 cm³/mol. The number of nitrogen functional groups attached to an aromatic ring is 1. The molecule has 0 bridgehead atoms. The largest absolute Gasteiger partial charge is 0.496 e. The van der Waals surface area contributed by atoms with E-state index in [2.05, 4.69) is 16.0 Å². The molecule has 37 heavy (non-hydrogen) atoms. The molecule has 8 nitrogen and oxygen atoms in total. The van der Waals surface area contributed by atoms with Crippen LogP contribution >= 0.6 is 11.6 Å². The molecule has 2 aromatic heterocycles. The number of anilines is 1. The topological polar surface area (TPSA) is 94.1 Å². The van der Waals surface area contributed by atoms with E-state index in [1.807, 2.05) is 4.90 Å². The van der Waals surface area contributed by atoms with Gasteiger partial charge in [-0.05, 0) is 57.0 Å². The number of nitrogens with zero attached hydrogens (tertiary/aromatic N) is 3. The van der Waals surface area contributed by atoms with Crippen LogP contribution in [-0.2, 0) is 4.79 Å². The minimum absolute atomic E-state index is 0.0816. The van der Waals surface area contributed by atoms with Gasteiger partial charge in [0.05, 0.1) is 35.9 Å². The number of nitrogens with two attached hydrogens (primary N) is 1. The van der Waals surface area contributed by atoms with Crippen molar-refractivity contribution in [3.05, 3.63) is 52.6 Å². The molecule has 1 fully saturated rings. The number of rotatable bonds is 7. The van der Waals surface area contributed by atoms with Crippen LogP contribution in [0.25, 0.3) is 16.5 Å². The monoisotopic (exact) mass is 528 g/mol. The van der Waals surface area contributed by atoms with Gasteiger partial charge in [-0.15, -0.1) is 0 Å². The van der Waals surface area contributed by atoms with E-state index >= 15 is 0 Å². The van der Waals surface area contributed by atoms with Crippen LogP contribution < -0.4 is 15.2 Å². The highest BCUT2D eigenvalue weighted by Gasteiger charge is 2.26. The Morgan fingerprint density at radius 3 is 2.78 bits per heavy atom. The normalized spacial score (nSPS) is 17.2. The molecule has 3 aromatic rings. The van der Waals surface area contributed by atoms with Crippen LogP contribution in [0, 0.1) is 5.82 Å². The Bertz CT molecular complexity index is 1350. The van der Waals surface area contributed by atoms with Gasteiger partial charge >= 0.3 is 0 Å². The van der Waals surface area contributed by atoms with Crippen LogP contribution in [0.4, 0.5) is 10.2 Å². The molecule has 1 saturated heterocycles. The summed E-state index contributed by atoms with van der Waals surface area (Å²) in [6.45, 7) is 5.40. The fourth-order valence-electron chi connectivity index (χ4n) is 5.06. The molecule has 2 aliphatic heterocycles. The van der Waals surface area contributed by atoms with Crippen molar-refractivity contribution in [2.45, 2.75) is 32.3 Å². The van der Waals surface area contributed by atoms with Gasteiger partial charge in [-0.3, -0.25) is 9.69 Å². The van der Waals surface area contributed by atoms with Crippen molar-refractivity contribution in [1.82, 2.24) is 14.8 Å². The van der Waals surface area contributed by atoms with Crippen LogP contribution in [0.3, 0.4) is 0 Å². The van der Waals surface area contributed by atoms with Gasteiger partial charge in [-0.1, -0.05) is 17.7 Å². The summed E-state index contributed by atoms with van der Waals surface area (Å²) < 4.78 is 31.6. The molecule has 5 rings (SSSR count). The summed E-state index contributed by atoms with van der Waals surface area (Å²) in [6.07, 6.45) is 7.70. The molecule has 1 aromatic carbocycles. The summed E-state index contributed by atoms with van der Waals surface area (Å²) in [5.74, 6) is 0.379. The lowest BCUT2D eigenvalue weighted by Gasteiger charge is -2.28. The first-order valence-corrected chi connectivity index (χ1v) is 12.8. The fourth-order valence-corrected chi connectivity index (χ4v) is 5.37. The number of ether oxygens (including phenoxy) is 2. The molecule has 0 saturated carbocycles. The smallest absolute Gasteiger partial charge is 0.237 e. The third-order valence-electron chi connectivity index (χ3n) is 7.08. The van der Waals surface area contributed by atoms with Crippen molar-refractivity contribution in [3.8, 4) is 11.5 Å². The maximum absolute atomic E-state index is 14.2. The molecule has 1 atom stereocenters. The Kier molecular flexibility index (Phi) is 7.26. The first kappa shape index (κ1) is 25.4. The van der Waals surface area contributed by atoms with Crippen molar-refractivity contribution < 1.29 is 23.1 Å². The number of methoxy groups -OCH3 is 1. The molecule has 2 N–H and O–H groups in total. The van der Waals surface area contributed by atoms with Crippen LogP contribution in [0.15, 0.2) is 35.1 Å². The average Bonchev–Trinajstić information content (AvgIpc) is 3.57. The number of hydrogen-bond acceptors (Lipinski definition) is 7. The Morgan fingerprint density at radius 2 is 2.08 bits per heavy atom. The molecule has 0 spiro atoms. The third-order valence-corrected chi connectivity index (χ3v) is 7.46. The zero-order chi connectivity index (χ0) is 26.1. The number of aromatic nitrogens is 1. The van der Waals surface area contributed by atoms with E-state index in [1.165, 1.54) is 19.2 Å². The molecule has 196 valence electrons. The molecule has 0 unspecified atom stereocenters. The first-order chi connectivity index (χ1) is 17.9. The van der Waals surface area contributed by atoms with Crippen molar-refractivity contribution in [2.75, 3.05) is 45.6 Å². The molecule has 2 aliphatic rings. The van der Waals surface area contributed by atoms with Crippen molar-refractivity contribution in [2.24, 2.45) is 0 Å². The molecule has 1 amide bonds. The zero-order valence-electron chi connectivity index (χ0n) is 20.9. The predicted octanol–water partition coefficient (Wildman–Crippen LogP) is 5.06. The van der Waals surface area contributed by atoms with Crippen LogP contribution in [0.5, 0.6) is 11.5 Å². The molecular formula is C27H30ClFN4O4. The third kappa shape index (κ3) is 4.98. The lowest BCUT2D eigenvalue weighted by molar-refractivity contribution is -0.131. The highest BCUT2D eigenvalue weighted by atomic mass is 35.5. The quantitative estimate of drug-likeness (QED) is 0.458. The van der Waals surface area contributed by atoms with Gasteiger partial charge in [-0.2, -0.15) is 0 Å². The van der Waals surface area contributed by atoms with Crippen LogP contribution in [-0.4, -0.2) is 60.5 Å². The zero-order valence-corrected chi connectivity index (χ0v) is 21.7. The van der Waals surface area contributed by atoms with Crippen molar-refractivity contribution in [3.63, 3.8) is 0 Å².